The molecule has 0 saturated carbocycles. The van der Waals surface area contributed by atoms with Crippen LogP contribution in [0.15, 0.2) is 72.8 Å². The fourth-order valence-electron chi connectivity index (χ4n) is 7.43. The predicted molar refractivity (Wildman–Crippen MR) is 230 cm³/mol. The fraction of sp³-hybridized carbons (Fsp3) is 0.531. The SMILES string of the molecule is CCCCCCCCCCCCCCCc1cc(O[C@@H]2O[C@H](C(=O)OC)[C@@H](OC(C)=O)[C@H](OC(C)=O)[C@H]2OC(C)=O)cc(OCc2ccccc2)c1C(=O)OCc1ccccc1. The summed E-state index contributed by atoms with van der Waals surface area (Å²) >= 11 is 0. The molecule has 0 aromatic heterocycles. The zero-order valence-electron chi connectivity index (χ0n) is 36.9. The average Bonchev–Trinajstić information content (AvgIpc) is 3.25. The number of hydrogen-bond donors (Lipinski definition) is 0. The third kappa shape index (κ3) is 16.4. The van der Waals surface area contributed by atoms with E-state index in [0.717, 1.165) is 64.7 Å². The van der Waals surface area contributed by atoms with Gasteiger partial charge in [0, 0.05) is 26.8 Å². The number of carbonyl (C=O) groups excluding carboxylic acids is 5. The summed E-state index contributed by atoms with van der Waals surface area (Å²) in [5, 5.41) is 0. The Labute approximate surface area is 366 Å². The van der Waals surface area contributed by atoms with Gasteiger partial charge in [-0.15, -0.1) is 0 Å². The Balaban J connectivity index is 1.66. The van der Waals surface area contributed by atoms with E-state index >= 15 is 0 Å². The summed E-state index contributed by atoms with van der Waals surface area (Å²) in [6.07, 6.45) is 7.84. The molecule has 3 aromatic carbocycles. The van der Waals surface area contributed by atoms with Crippen LogP contribution in [0.5, 0.6) is 11.5 Å². The third-order valence-corrected chi connectivity index (χ3v) is 10.4. The van der Waals surface area contributed by atoms with Gasteiger partial charge in [0.15, 0.2) is 18.3 Å². The molecule has 13 heteroatoms. The molecule has 0 N–H and O–H groups in total. The quantitative estimate of drug-likeness (QED) is 0.0427. The van der Waals surface area contributed by atoms with E-state index in [0.29, 0.717) is 12.0 Å². The van der Waals surface area contributed by atoms with E-state index in [4.69, 9.17) is 37.9 Å². The Morgan fingerprint density at radius 3 is 1.63 bits per heavy atom. The highest BCUT2D eigenvalue weighted by Gasteiger charge is 2.56. The zero-order chi connectivity index (χ0) is 44.7. The van der Waals surface area contributed by atoms with Crippen molar-refractivity contribution in [3.05, 3.63) is 95.1 Å². The monoisotopic (exact) mass is 860 g/mol. The van der Waals surface area contributed by atoms with Crippen LogP contribution in [0.25, 0.3) is 0 Å². The summed E-state index contributed by atoms with van der Waals surface area (Å²) < 4.78 is 46.2. The number of carbonyl (C=O) groups is 5. The van der Waals surface area contributed by atoms with E-state index < -0.39 is 60.6 Å². The van der Waals surface area contributed by atoms with Crippen LogP contribution >= 0.6 is 0 Å². The van der Waals surface area contributed by atoms with Crippen LogP contribution in [0, 0.1) is 0 Å². The van der Waals surface area contributed by atoms with Gasteiger partial charge in [-0.05, 0) is 35.6 Å². The van der Waals surface area contributed by atoms with Crippen molar-refractivity contribution in [3.63, 3.8) is 0 Å². The van der Waals surface area contributed by atoms with Crippen molar-refractivity contribution in [2.45, 2.75) is 162 Å². The normalized spacial score (nSPS) is 18.2. The summed E-state index contributed by atoms with van der Waals surface area (Å²) in [7, 11) is 1.11. The Kier molecular flexibility index (Phi) is 21.3. The number of aryl methyl sites for hydroxylation is 1. The lowest BCUT2D eigenvalue weighted by Crippen LogP contribution is -2.64. The lowest BCUT2D eigenvalue weighted by molar-refractivity contribution is -0.282. The molecule has 0 bridgehead atoms. The summed E-state index contributed by atoms with van der Waals surface area (Å²) in [4.78, 5) is 64.4. The standard InChI is InChI=1S/C49H64O13/c1-6-7-8-9-10-11-12-13-14-15-16-17-24-29-39-30-40(31-41(56-32-37-25-20-18-21-26-37)42(39)47(53)57-33-38-27-22-19-23-28-38)61-49-46(60-36(4)52)44(59-35(3)51)43(58-34(2)50)45(62-49)48(54)55-5/h18-23,25-28,30-31,43-46,49H,6-17,24,29,32-33H2,1-5H3/t43-,44-,45-,46+,49+/m0/s1. The number of unbranched alkanes of at least 4 members (excludes halogenated alkanes) is 12. The van der Waals surface area contributed by atoms with Crippen molar-refractivity contribution >= 4 is 29.8 Å². The first kappa shape index (κ1) is 49.2. The van der Waals surface area contributed by atoms with E-state index in [2.05, 4.69) is 6.92 Å². The van der Waals surface area contributed by atoms with Gasteiger partial charge in [-0.3, -0.25) is 14.4 Å². The second-order valence-corrected chi connectivity index (χ2v) is 15.6. The van der Waals surface area contributed by atoms with Gasteiger partial charge in [-0.1, -0.05) is 145 Å². The molecule has 338 valence electrons. The highest BCUT2D eigenvalue weighted by molar-refractivity contribution is 5.94. The average molecular weight is 861 g/mol. The number of rotatable bonds is 26. The molecule has 1 aliphatic heterocycles. The van der Waals surface area contributed by atoms with Gasteiger partial charge in [0.2, 0.25) is 12.4 Å². The first-order valence-electron chi connectivity index (χ1n) is 22.0. The van der Waals surface area contributed by atoms with Crippen LogP contribution in [0.3, 0.4) is 0 Å². The molecule has 0 unspecified atom stereocenters. The van der Waals surface area contributed by atoms with E-state index in [1.165, 1.54) is 63.9 Å². The Hall–Kier alpha value is -5.43. The second kappa shape index (κ2) is 26.8. The van der Waals surface area contributed by atoms with Crippen LogP contribution in [-0.4, -0.2) is 67.7 Å². The van der Waals surface area contributed by atoms with Crippen molar-refractivity contribution in [2.24, 2.45) is 0 Å². The molecular weight excluding hydrogens is 797 g/mol. The molecule has 1 saturated heterocycles. The van der Waals surface area contributed by atoms with E-state index in [1.54, 1.807) is 6.07 Å². The highest BCUT2D eigenvalue weighted by Crippen LogP contribution is 2.36. The Morgan fingerprint density at radius 2 is 1.10 bits per heavy atom. The molecule has 1 fully saturated rings. The van der Waals surface area contributed by atoms with Crippen LogP contribution in [0.4, 0.5) is 0 Å². The van der Waals surface area contributed by atoms with E-state index in [1.807, 2.05) is 60.7 Å². The number of benzene rings is 3. The minimum atomic E-state index is -1.66. The maximum absolute atomic E-state index is 14.1. The first-order valence-corrected chi connectivity index (χ1v) is 22.0. The summed E-state index contributed by atoms with van der Waals surface area (Å²) in [5.74, 6) is -3.71. The van der Waals surface area contributed by atoms with Gasteiger partial charge in [-0.2, -0.15) is 0 Å². The predicted octanol–water partition coefficient (Wildman–Crippen LogP) is 9.33. The maximum Gasteiger partial charge on any atom is 0.342 e. The summed E-state index contributed by atoms with van der Waals surface area (Å²) in [6, 6.07) is 21.9. The van der Waals surface area contributed by atoms with Crippen molar-refractivity contribution in [3.8, 4) is 11.5 Å². The molecule has 5 atom stereocenters. The van der Waals surface area contributed by atoms with Gasteiger partial charge < -0.3 is 37.9 Å². The lowest BCUT2D eigenvalue weighted by Gasteiger charge is -2.43. The van der Waals surface area contributed by atoms with Gasteiger partial charge in [-0.25, -0.2) is 9.59 Å². The summed E-state index contributed by atoms with van der Waals surface area (Å²) in [5.41, 5.74) is 2.45. The molecule has 0 aliphatic carbocycles. The smallest absolute Gasteiger partial charge is 0.342 e. The van der Waals surface area contributed by atoms with Crippen molar-refractivity contribution in [2.75, 3.05) is 7.11 Å². The van der Waals surface area contributed by atoms with Crippen molar-refractivity contribution < 1.29 is 61.9 Å². The number of hydrogen-bond acceptors (Lipinski definition) is 13. The molecule has 4 rings (SSSR count). The van der Waals surface area contributed by atoms with Crippen LogP contribution in [-0.2, 0) is 67.2 Å². The highest BCUT2D eigenvalue weighted by atomic mass is 16.7. The molecule has 0 spiro atoms. The third-order valence-electron chi connectivity index (χ3n) is 10.4. The largest absolute Gasteiger partial charge is 0.488 e. The lowest BCUT2D eigenvalue weighted by atomic mass is 9.97. The minimum Gasteiger partial charge on any atom is -0.488 e. The molecule has 3 aromatic rings. The van der Waals surface area contributed by atoms with Crippen molar-refractivity contribution in [1.29, 1.82) is 0 Å². The molecule has 13 nitrogen and oxygen atoms in total. The van der Waals surface area contributed by atoms with Gasteiger partial charge in [0.1, 0.15) is 30.3 Å². The van der Waals surface area contributed by atoms with Crippen LogP contribution < -0.4 is 9.47 Å². The second-order valence-electron chi connectivity index (χ2n) is 15.6. The van der Waals surface area contributed by atoms with Gasteiger partial charge >= 0.3 is 29.8 Å². The molecule has 0 amide bonds. The first-order chi connectivity index (χ1) is 30.0. The zero-order valence-corrected chi connectivity index (χ0v) is 36.9. The molecule has 62 heavy (non-hydrogen) atoms. The van der Waals surface area contributed by atoms with Gasteiger partial charge in [0.05, 0.1) is 7.11 Å². The number of methoxy groups -OCH3 is 1. The van der Waals surface area contributed by atoms with E-state index in [9.17, 15) is 24.0 Å². The fourth-order valence-corrected chi connectivity index (χ4v) is 7.43. The topological polar surface area (TPSA) is 159 Å². The molecular formula is C49H64O13. The molecule has 0 radical (unpaired) electrons. The van der Waals surface area contributed by atoms with Crippen LogP contribution in [0.1, 0.15) is 138 Å². The Bertz CT molecular complexity index is 1850. The molecule has 1 heterocycles. The Morgan fingerprint density at radius 1 is 0.597 bits per heavy atom. The van der Waals surface area contributed by atoms with Crippen LogP contribution in [0.2, 0.25) is 0 Å². The number of esters is 5. The van der Waals surface area contributed by atoms with Gasteiger partial charge in [0.25, 0.3) is 0 Å². The molecule has 1 aliphatic rings. The minimum absolute atomic E-state index is 0.0319. The summed E-state index contributed by atoms with van der Waals surface area (Å²) in [6.45, 7) is 5.71. The van der Waals surface area contributed by atoms with E-state index in [-0.39, 0.29) is 30.3 Å². The number of ether oxygens (including phenoxy) is 8. The van der Waals surface area contributed by atoms with Crippen molar-refractivity contribution in [1.82, 2.24) is 0 Å². The maximum atomic E-state index is 14.1.